The van der Waals surface area contributed by atoms with Gasteiger partial charge in [0.1, 0.15) is 0 Å². The van der Waals surface area contributed by atoms with Crippen LogP contribution in [0, 0.1) is 0 Å². The number of rotatable bonds is 9. The number of tetrazole rings is 1. The molecule has 0 unspecified atom stereocenters. The highest BCUT2D eigenvalue weighted by Gasteiger charge is 2.27. The van der Waals surface area contributed by atoms with Gasteiger partial charge < -0.3 is 0 Å². The number of sulfone groups is 1. The Balaban J connectivity index is 1.62. The maximum atomic E-state index is 12.0. The Labute approximate surface area is 150 Å². The minimum absolute atomic E-state index is 0.300. The second-order valence-corrected chi connectivity index (χ2v) is 10.2. The molecule has 1 heterocycles. The molecule has 1 aromatic carbocycles. The van der Waals surface area contributed by atoms with E-state index in [0.717, 1.165) is 44.2 Å². The first kappa shape index (κ1) is 19.6. The van der Waals surface area contributed by atoms with Gasteiger partial charge in [0.25, 0.3) is 0 Å². The highest BCUT2D eigenvalue weighted by molar-refractivity contribution is 7.92. The molecule has 0 saturated carbocycles. The summed E-state index contributed by atoms with van der Waals surface area (Å²) in [6, 6.07) is 8.17. The molecule has 6 nitrogen and oxygen atoms in total. The van der Waals surface area contributed by atoms with E-state index in [4.69, 9.17) is 0 Å². The zero-order valence-electron chi connectivity index (χ0n) is 15.4. The Morgan fingerprint density at radius 3 is 2.20 bits per heavy atom. The van der Waals surface area contributed by atoms with E-state index in [0.29, 0.717) is 5.75 Å². The number of benzene rings is 1. The third-order valence-electron chi connectivity index (χ3n) is 4.33. The van der Waals surface area contributed by atoms with E-state index >= 15 is 0 Å². The van der Waals surface area contributed by atoms with E-state index in [2.05, 4.69) is 27.5 Å². The molecule has 0 amide bonds. The normalized spacial score (nSPS) is 12.4. The molecule has 25 heavy (non-hydrogen) atoms. The number of nitrogens with zero attached hydrogens (tertiary/aromatic N) is 4. The van der Waals surface area contributed by atoms with Crippen LogP contribution >= 0.6 is 0 Å². The van der Waals surface area contributed by atoms with Crippen molar-refractivity contribution in [2.45, 2.75) is 64.0 Å². The maximum Gasteiger partial charge on any atom is 0.162 e. The van der Waals surface area contributed by atoms with Crippen molar-refractivity contribution < 1.29 is 8.42 Å². The van der Waals surface area contributed by atoms with Gasteiger partial charge in [0.05, 0.1) is 16.2 Å². The number of unbranched alkanes of at least 4 members (excludes halogenated alkanes) is 4. The summed E-state index contributed by atoms with van der Waals surface area (Å²) in [6.45, 7) is 5.31. The van der Waals surface area contributed by atoms with Gasteiger partial charge in [0.15, 0.2) is 16.2 Å². The van der Waals surface area contributed by atoms with Crippen LogP contribution < -0.4 is 0 Å². The summed E-state index contributed by atoms with van der Waals surface area (Å²) < 4.78 is 23.4. The lowest BCUT2D eigenvalue weighted by Gasteiger charge is -2.18. The Hall–Kier alpha value is -1.76. The lowest BCUT2D eigenvalue weighted by molar-refractivity contribution is 0.552. The summed E-state index contributed by atoms with van der Waals surface area (Å²) in [5.41, 5.74) is 2.19. The van der Waals surface area contributed by atoms with Crippen molar-refractivity contribution in [3.05, 3.63) is 36.2 Å². The summed E-state index contributed by atoms with van der Waals surface area (Å²) in [4.78, 5) is 1.50. The lowest BCUT2D eigenvalue weighted by Crippen LogP contribution is -2.30. The first-order chi connectivity index (χ1) is 11.8. The van der Waals surface area contributed by atoms with Crippen LogP contribution in [0.3, 0.4) is 0 Å². The molecule has 7 heteroatoms. The van der Waals surface area contributed by atoms with E-state index in [1.54, 1.807) is 20.8 Å². The summed E-state index contributed by atoms with van der Waals surface area (Å²) in [5.74, 6) is 0.300. The van der Waals surface area contributed by atoms with Gasteiger partial charge in [-0.15, -0.1) is 15.0 Å². The lowest BCUT2D eigenvalue weighted by atomic mass is 10.1. The Morgan fingerprint density at radius 1 is 0.960 bits per heavy atom. The molecule has 0 N–H and O–H groups in total. The van der Waals surface area contributed by atoms with E-state index in [1.807, 2.05) is 12.1 Å². The molecule has 138 valence electrons. The predicted molar refractivity (Wildman–Crippen MR) is 99.5 cm³/mol. The van der Waals surface area contributed by atoms with Gasteiger partial charge in [-0.1, -0.05) is 31.4 Å². The van der Waals surface area contributed by atoms with E-state index in [9.17, 15) is 8.42 Å². The third-order valence-corrected chi connectivity index (χ3v) is 7.02. The Bertz CT molecular complexity index is 732. The average molecular weight is 365 g/mol. The van der Waals surface area contributed by atoms with Crippen molar-refractivity contribution in [2.75, 3.05) is 5.75 Å². The minimum Gasteiger partial charge on any atom is -0.228 e. The van der Waals surface area contributed by atoms with Crippen LogP contribution in [0.5, 0.6) is 0 Å². The van der Waals surface area contributed by atoms with Crippen LogP contribution in [0.4, 0.5) is 0 Å². The maximum absolute atomic E-state index is 12.0. The van der Waals surface area contributed by atoms with E-state index in [-0.39, 0.29) is 0 Å². The molecule has 0 fully saturated rings. The quantitative estimate of drug-likeness (QED) is 0.638. The highest BCUT2D eigenvalue weighted by atomic mass is 32.2. The molecule has 0 spiro atoms. The molecule has 0 aliphatic heterocycles. The fourth-order valence-corrected chi connectivity index (χ4v) is 3.74. The van der Waals surface area contributed by atoms with Gasteiger partial charge in [-0.2, -0.15) is 0 Å². The molecular weight excluding hydrogens is 336 g/mol. The fourth-order valence-electron chi connectivity index (χ4n) is 2.54. The second kappa shape index (κ2) is 8.56. The van der Waals surface area contributed by atoms with Crippen molar-refractivity contribution in [3.63, 3.8) is 0 Å². The van der Waals surface area contributed by atoms with E-state index in [1.165, 1.54) is 16.7 Å². The highest BCUT2D eigenvalue weighted by Crippen LogP contribution is 2.18. The van der Waals surface area contributed by atoms with Gasteiger partial charge >= 0.3 is 0 Å². The summed E-state index contributed by atoms with van der Waals surface area (Å²) in [7, 11) is -2.97. The molecular formula is C18H28N4O2S. The minimum atomic E-state index is -2.97. The van der Waals surface area contributed by atoms with Gasteiger partial charge in [0.2, 0.25) is 0 Å². The Morgan fingerprint density at radius 2 is 1.60 bits per heavy atom. The standard InChI is InChI=1S/C18H28N4O2S/c1-18(2,3)25(23,24)14-8-6-4-5-7-9-16-10-12-17(13-11-16)22-20-15-19-21-22/h10-13,15H,4-9,14H2,1-3H3. The zero-order chi connectivity index (χ0) is 18.3. The van der Waals surface area contributed by atoms with Crippen LogP contribution in [0.15, 0.2) is 30.6 Å². The summed E-state index contributed by atoms with van der Waals surface area (Å²) >= 11 is 0. The fraction of sp³-hybridized carbons (Fsp3) is 0.611. The number of hydrogen-bond acceptors (Lipinski definition) is 5. The molecule has 0 atom stereocenters. The molecule has 1 aromatic heterocycles. The monoisotopic (exact) mass is 364 g/mol. The van der Waals surface area contributed by atoms with Crippen molar-refractivity contribution >= 4 is 9.84 Å². The average Bonchev–Trinajstić information content (AvgIpc) is 3.08. The third kappa shape index (κ3) is 5.92. The molecule has 2 aromatic rings. The molecule has 0 aliphatic rings. The van der Waals surface area contributed by atoms with Gasteiger partial charge in [-0.05, 0) is 62.9 Å². The number of aromatic nitrogens is 4. The van der Waals surface area contributed by atoms with Crippen LogP contribution in [0.25, 0.3) is 5.69 Å². The van der Waals surface area contributed by atoms with Crippen molar-refractivity contribution in [1.29, 1.82) is 0 Å². The summed E-state index contributed by atoms with van der Waals surface area (Å²) in [5, 5.41) is 11.6. The van der Waals surface area contributed by atoms with E-state index < -0.39 is 14.6 Å². The van der Waals surface area contributed by atoms with Crippen LogP contribution in [0.2, 0.25) is 0 Å². The first-order valence-electron chi connectivity index (χ1n) is 8.84. The topological polar surface area (TPSA) is 77.7 Å². The van der Waals surface area contributed by atoms with Crippen molar-refractivity contribution in [2.24, 2.45) is 0 Å². The smallest absolute Gasteiger partial charge is 0.162 e. The van der Waals surface area contributed by atoms with Gasteiger partial charge in [-0.3, -0.25) is 0 Å². The zero-order valence-corrected chi connectivity index (χ0v) is 16.2. The van der Waals surface area contributed by atoms with Gasteiger partial charge in [0, 0.05) is 0 Å². The van der Waals surface area contributed by atoms with Gasteiger partial charge in [-0.25, -0.2) is 8.42 Å². The second-order valence-electron chi connectivity index (χ2n) is 7.34. The molecule has 0 saturated heterocycles. The van der Waals surface area contributed by atoms with Crippen LogP contribution in [-0.2, 0) is 16.3 Å². The molecule has 2 rings (SSSR count). The summed E-state index contributed by atoms with van der Waals surface area (Å²) in [6.07, 6.45) is 7.52. The van der Waals surface area contributed by atoms with Crippen molar-refractivity contribution in [3.8, 4) is 5.69 Å². The molecule has 0 aliphatic carbocycles. The largest absolute Gasteiger partial charge is 0.228 e. The predicted octanol–water partition coefficient (Wildman–Crippen LogP) is 3.37. The Kier molecular flexibility index (Phi) is 6.70. The first-order valence-corrected chi connectivity index (χ1v) is 10.5. The van der Waals surface area contributed by atoms with Crippen LogP contribution in [-0.4, -0.2) is 39.1 Å². The molecule has 0 radical (unpaired) electrons. The number of hydrogen-bond donors (Lipinski definition) is 0. The van der Waals surface area contributed by atoms with Crippen LogP contribution in [0.1, 0.15) is 58.4 Å². The molecule has 0 bridgehead atoms. The number of aryl methyl sites for hydroxylation is 1. The SMILES string of the molecule is CC(C)(C)S(=O)(=O)CCCCCCCc1ccc(-n2ncnn2)cc1. The van der Waals surface area contributed by atoms with Crippen molar-refractivity contribution in [1.82, 2.24) is 20.2 Å².